The van der Waals surface area contributed by atoms with Crippen molar-refractivity contribution < 1.29 is 14.6 Å². The van der Waals surface area contributed by atoms with Crippen molar-refractivity contribution in [2.45, 2.75) is 65.7 Å². The van der Waals surface area contributed by atoms with E-state index in [1.54, 1.807) is 13.8 Å². The lowest BCUT2D eigenvalue weighted by Gasteiger charge is -2.21. The van der Waals surface area contributed by atoms with Crippen LogP contribution in [0.4, 0.5) is 0 Å². The summed E-state index contributed by atoms with van der Waals surface area (Å²) in [6.07, 6.45) is 0.751. The van der Waals surface area contributed by atoms with Crippen LogP contribution in [0.15, 0.2) is 18.2 Å². The second-order valence-corrected chi connectivity index (χ2v) is 5.68. The fraction of sp³-hybridized carbons (Fsp3) is 0.588. The number of aryl methyl sites for hydroxylation is 1. The minimum absolute atomic E-state index is 0.131. The van der Waals surface area contributed by atoms with Gasteiger partial charge in [-0.05, 0) is 45.7 Å². The number of aliphatic hydroxyl groups excluding tert-OH is 1. The summed E-state index contributed by atoms with van der Waals surface area (Å²) in [5.41, 5.74) is 1.73. The van der Waals surface area contributed by atoms with Crippen molar-refractivity contribution in [3.05, 3.63) is 29.3 Å². The SMILES string of the molecule is CCCC(C)NC(=O)C(C)Oc1cc(C)ccc1C(C)O. The van der Waals surface area contributed by atoms with Crippen LogP contribution in [0.5, 0.6) is 5.75 Å². The molecule has 0 aromatic heterocycles. The number of benzene rings is 1. The Hall–Kier alpha value is -1.55. The molecule has 1 aromatic carbocycles. The van der Waals surface area contributed by atoms with Gasteiger partial charge >= 0.3 is 0 Å². The first-order valence-corrected chi connectivity index (χ1v) is 7.60. The molecule has 0 aliphatic carbocycles. The van der Waals surface area contributed by atoms with E-state index in [1.165, 1.54) is 0 Å². The molecule has 1 amide bonds. The zero-order valence-electron chi connectivity index (χ0n) is 13.6. The van der Waals surface area contributed by atoms with Crippen molar-refractivity contribution in [1.29, 1.82) is 0 Å². The third kappa shape index (κ3) is 5.38. The normalized spacial score (nSPS) is 15.1. The lowest BCUT2D eigenvalue weighted by Crippen LogP contribution is -2.41. The first-order chi connectivity index (χ1) is 9.85. The number of carbonyl (C=O) groups is 1. The average molecular weight is 293 g/mol. The fourth-order valence-electron chi connectivity index (χ4n) is 2.20. The molecule has 0 bridgehead atoms. The van der Waals surface area contributed by atoms with E-state index >= 15 is 0 Å². The van der Waals surface area contributed by atoms with Crippen LogP contribution in [0.2, 0.25) is 0 Å². The number of hydrogen-bond donors (Lipinski definition) is 2. The summed E-state index contributed by atoms with van der Waals surface area (Å²) in [6, 6.07) is 5.74. The number of amides is 1. The number of nitrogens with one attached hydrogen (secondary N) is 1. The number of hydrogen-bond acceptors (Lipinski definition) is 3. The smallest absolute Gasteiger partial charge is 0.260 e. The summed E-state index contributed by atoms with van der Waals surface area (Å²) in [5, 5.41) is 12.7. The highest BCUT2D eigenvalue weighted by Crippen LogP contribution is 2.27. The largest absolute Gasteiger partial charge is 0.481 e. The lowest BCUT2D eigenvalue weighted by atomic mass is 10.1. The van der Waals surface area contributed by atoms with Crippen molar-refractivity contribution >= 4 is 5.91 Å². The molecule has 0 spiro atoms. The van der Waals surface area contributed by atoms with Gasteiger partial charge in [-0.25, -0.2) is 0 Å². The van der Waals surface area contributed by atoms with Crippen LogP contribution in [-0.4, -0.2) is 23.2 Å². The van der Waals surface area contributed by atoms with Crippen LogP contribution in [0.3, 0.4) is 0 Å². The Kier molecular flexibility index (Phi) is 6.69. The molecule has 118 valence electrons. The average Bonchev–Trinajstić information content (AvgIpc) is 2.38. The lowest BCUT2D eigenvalue weighted by molar-refractivity contribution is -0.128. The summed E-state index contributed by atoms with van der Waals surface area (Å²) >= 11 is 0. The molecule has 3 atom stereocenters. The predicted molar refractivity (Wildman–Crippen MR) is 84.4 cm³/mol. The minimum atomic E-state index is -0.630. The summed E-state index contributed by atoms with van der Waals surface area (Å²) < 4.78 is 5.76. The second-order valence-electron chi connectivity index (χ2n) is 5.68. The van der Waals surface area contributed by atoms with Crippen LogP contribution in [0.25, 0.3) is 0 Å². The molecule has 2 N–H and O–H groups in total. The van der Waals surface area contributed by atoms with Crippen molar-refractivity contribution in [1.82, 2.24) is 5.32 Å². The van der Waals surface area contributed by atoms with Crippen molar-refractivity contribution in [2.24, 2.45) is 0 Å². The Bertz CT molecular complexity index is 471. The van der Waals surface area contributed by atoms with Gasteiger partial charge < -0.3 is 15.2 Å². The van der Waals surface area contributed by atoms with Gasteiger partial charge in [-0.15, -0.1) is 0 Å². The summed E-state index contributed by atoms with van der Waals surface area (Å²) in [4.78, 5) is 12.1. The molecule has 21 heavy (non-hydrogen) atoms. The van der Waals surface area contributed by atoms with Gasteiger partial charge in [-0.1, -0.05) is 25.5 Å². The quantitative estimate of drug-likeness (QED) is 0.812. The zero-order valence-corrected chi connectivity index (χ0v) is 13.6. The maximum atomic E-state index is 12.1. The van der Waals surface area contributed by atoms with Gasteiger partial charge in [-0.3, -0.25) is 4.79 Å². The first-order valence-electron chi connectivity index (χ1n) is 7.60. The molecule has 4 heteroatoms. The molecule has 0 heterocycles. The Labute approximate surface area is 127 Å². The van der Waals surface area contributed by atoms with E-state index < -0.39 is 12.2 Å². The maximum Gasteiger partial charge on any atom is 0.260 e. The standard InChI is InChI=1S/C17H27NO3/c1-6-7-12(3)18-17(20)14(5)21-16-10-11(2)8-9-15(16)13(4)19/h8-10,12-14,19H,6-7H2,1-5H3,(H,18,20). The van der Waals surface area contributed by atoms with Crippen LogP contribution in [0, 0.1) is 6.92 Å². The van der Waals surface area contributed by atoms with E-state index in [1.807, 2.05) is 32.0 Å². The molecule has 1 rings (SSSR count). The maximum absolute atomic E-state index is 12.1. The predicted octanol–water partition coefficient (Wildman–Crippen LogP) is 3.12. The molecule has 0 radical (unpaired) electrons. The van der Waals surface area contributed by atoms with Gasteiger partial charge in [0.1, 0.15) is 5.75 Å². The number of rotatable bonds is 7. The molecule has 4 nitrogen and oxygen atoms in total. The van der Waals surface area contributed by atoms with E-state index in [2.05, 4.69) is 12.2 Å². The topological polar surface area (TPSA) is 58.6 Å². The van der Waals surface area contributed by atoms with E-state index in [4.69, 9.17) is 4.74 Å². The van der Waals surface area contributed by atoms with Crippen LogP contribution in [-0.2, 0) is 4.79 Å². The molecule has 0 fully saturated rings. The van der Waals surface area contributed by atoms with Crippen LogP contribution in [0.1, 0.15) is 57.8 Å². The fourth-order valence-corrected chi connectivity index (χ4v) is 2.20. The van der Waals surface area contributed by atoms with Gasteiger partial charge in [0.05, 0.1) is 6.10 Å². The van der Waals surface area contributed by atoms with E-state index in [-0.39, 0.29) is 11.9 Å². The van der Waals surface area contributed by atoms with Gasteiger partial charge in [0.25, 0.3) is 5.91 Å². The summed E-state index contributed by atoms with van der Waals surface area (Å²) in [5.74, 6) is 0.435. The molecular formula is C17H27NO3. The highest BCUT2D eigenvalue weighted by molar-refractivity contribution is 5.81. The third-order valence-electron chi connectivity index (χ3n) is 3.40. The molecule has 0 aliphatic rings. The van der Waals surface area contributed by atoms with Crippen LogP contribution >= 0.6 is 0 Å². The van der Waals surface area contributed by atoms with E-state index in [0.717, 1.165) is 18.4 Å². The van der Waals surface area contributed by atoms with E-state index in [9.17, 15) is 9.90 Å². The molecule has 0 saturated carbocycles. The van der Waals surface area contributed by atoms with E-state index in [0.29, 0.717) is 11.3 Å². The van der Waals surface area contributed by atoms with Crippen LogP contribution < -0.4 is 10.1 Å². The van der Waals surface area contributed by atoms with Gasteiger partial charge in [0, 0.05) is 11.6 Å². The Morgan fingerprint density at radius 1 is 1.33 bits per heavy atom. The Balaban J connectivity index is 2.76. The summed E-state index contributed by atoms with van der Waals surface area (Å²) in [7, 11) is 0. The van der Waals surface area contributed by atoms with Crippen molar-refractivity contribution in [3.8, 4) is 5.75 Å². The highest BCUT2D eigenvalue weighted by Gasteiger charge is 2.19. The second kappa shape index (κ2) is 8.03. The van der Waals surface area contributed by atoms with Crippen molar-refractivity contribution in [2.75, 3.05) is 0 Å². The number of carbonyl (C=O) groups excluding carboxylic acids is 1. The molecule has 1 aromatic rings. The summed E-state index contributed by atoms with van der Waals surface area (Å²) in [6.45, 7) is 9.44. The van der Waals surface area contributed by atoms with Gasteiger partial charge in [0.15, 0.2) is 6.10 Å². The highest BCUT2D eigenvalue weighted by atomic mass is 16.5. The number of aliphatic hydroxyl groups is 1. The zero-order chi connectivity index (χ0) is 16.0. The van der Waals surface area contributed by atoms with Crippen molar-refractivity contribution in [3.63, 3.8) is 0 Å². The third-order valence-corrected chi connectivity index (χ3v) is 3.40. The Morgan fingerprint density at radius 3 is 2.57 bits per heavy atom. The number of ether oxygens (including phenoxy) is 1. The monoisotopic (exact) mass is 293 g/mol. The molecular weight excluding hydrogens is 266 g/mol. The molecule has 0 aliphatic heterocycles. The minimum Gasteiger partial charge on any atom is -0.481 e. The Morgan fingerprint density at radius 2 is 2.00 bits per heavy atom. The molecule has 0 saturated heterocycles. The van der Waals surface area contributed by atoms with Gasteiger partial charge in [-0.2, -0.15) is 0 Å². The molecule has 3 unspecified atom stereocenters. The van der Waals surface area contributed by atoms with Gasteiger partial charge in [0.2, 0.25) is 0 Å². The first kappa shape index (κ1) is 17.5.